The summed E-state index contributed by atoms with van der Waals surface area (Å²) in [4.78, 5) is 10.9. The Bertz CT molecular complexity index is 369. The number of nitrogens with zero attached hydrogens (tertiary/aromatic N) is 3. The van der Waals surface area contributed by atoms with Gasteiger partial charge in [0.1, 0.15) is 0 Å². The van der Waals surface area contributed by atoms with Crippen molar-refractivity contribution in [2.24, 2.45) is 0 Å². The second-order valence-corrected chi connectivity index (χ2v) is 4.66. The van der Waals surface area contributed by atoms with Crippen molar-refractivity contribution in [1.29, 1.82) is 0 Å². The summed E-state index contributed by atoms with van der Waals surface area (Å²) in [6.07, 6.45) is 1.90. The normalized spacial score (nSPS) is 20.7. The molecule has 1 unspecified atom stereocenters. The van der Waals surface area contributed by atoms with Gasteiger partial charge in [-0.2, -0.15) is 4.98 Å². The zero-order valence-electron chi connectivity index (χ0n) is 10.7. The van der Waals surface area contributed by atoms with E-state index in [0.29, 0.717) is 11.9 Å². The standard InChI is InChI=1S/C12H20N4O/c1-9(2)17-11-4-5-14-12(15-11)16-7-6-13-10(3)8-16/h4-5,9-10,13H,6-8H2,1-3H3. The average molecular weight is 236 g/mol. The molecule has 0 aliphatic carbocycles. The summed E-state index contributed by atoms with van der Waals surface area (Å²) in [6.45, 7) is 9.00. The van der Waals surface area contributed by atoms with Crippen molar-refractivity contribution in [2.75, 3.05) is 24.5 Å². The van der Waals surface area contributed by atoms with Crippen LogP contribution in [0.15, 0.2) is 12.3 Å². The minimum absolute atomic E-state index is 0.139. The Hall–Kier alpha value is -1.36. The van der Waals surface area contributed by atoms with Crippen LogP contribution in [0, 0.1) is 0 Å². The fourth-order valence-electron chi connectivity index (χ4n) is 1.91. The molecule has 1 aliphatic heterocycles. The van der Waals surface area contributed by atoms with Crippen molar-refractivity contribution >= 4 is 5.95 Å². The first-order chi connectivity index (χ1) is 8.15. The minimum atomic E-state index is 0.139. The van der Waals surface area contributed by atoms with Crippen LogP contribution in [0.3, 0.4) is 0 Å². The first-order valence-electron chi connectivity index (χ1n) is 6.13. The van der Waals surface area contributed by atoms with E-state index < -0.39 is 0 Å². The van der Waals surface area contributed by atoms with Crippen molar-refractivity contribution in [3.05, 3.63) is 12.3 Å². The summed E-state index contributed by atoms with van der Waals surface area (Å²) in [5.41, 5.74) is 0. The molecule has 0 spiro atoms. The van der Waals surface area contributed by atoms with E-state index in [2.05, 4.69) is 27.1 Å². The van der Waals surface area contributed by atoms with Crippen molar-refractivity contribution in [2.45, 2.75) is 32.9 Å². The fourth-order valence-corrected chi connectivity index (χ4v) is 1.91. The second kappa shape index (κ2) is 5.31. The smallest absolute Gasteiger partial charge is 0.228 e. The van der Waals surface area contributed by atoms with E-state index in [4.69, 9.17) is 4.74 Å². The van der Waals surface area contributed by atoms with Gasteiger partial charge >= 0.3 is 0 Å². The van der Waals surface area contributed by atoms with Gasteiger partial charge in [0, 0.05) is 37.9 Å². The molecular weight excluding hydrogens is 216 g/mol. The number of aromatic nitrogens is 2. The van der Waals surface area contributed by atoms with Crippen molar-refractivity contribution in [3.63, 3.8) is 0 Å². The van der Waals surface area contributed by atoms with E-state index in [1.165, 1.54) is 0 Å². The van der Waals surface area contributed by atoms with E-state index in [-0.39, 0.29) is 6.10 Å². The maximum absolute atomic E-state index is 5.58. The Labute approximate surface area is 102 Å². The molecule has 0 aromatic carbocycles. The zero-order chi connectivity index (χ0) is 12.3. The Morgan fingerprint density at radius 2 is 2.35 bits per heavy atom. The highest BCUT2D eigenvalue weighted by Gasteiger charge is 2.18. The first-order valence-corrected chi connectivity index (χ1v) is 6.13. The SMILES string of the molecule is CC1CN(c2nccc(OC(C)C)n2)CCN1. The number of nitrogens with one attached hydrogen (secondary N) is 1. The highest BCUT2D eigenvalue weighted by Crippen LogP contribution is 2.15. The Morgan fingerprint density at radius 1 is 1.53 bits per heavy atom. The Balaban J connectivity index is 2.09. The van der Waals surface area contributed by atoms with Crippen LogP contribution in [-0.4, -0.2) is 41.7 Å². The lowest BCUT2D eigenvalue weighted by molar-refractivity contribution is 0.232. The molecule has 0 amide bonds. The predicted octanol–water partition coefficient (Wildman–Crippen LogP) is 1.06. The lowest BCUT2D eigenvalue weighted by Crippen LogP contribution is -2.49. The fraction of sp³-hybridized carbons (Fsp3) is 0.667. The van der Waals surface area contributed by atoms with Crippen LogP contribution in [0.1, 0.15) is 20.8 Å². The van der Waals surface area contributed by atoms with Crippen LogP contribution in [0.25, 0.3) is 0 Å². The molecule has 2 heterocycles. The van der Waals surface area contributed by atoms with Crippen LogP contribution in [-0.2, 0) is 0 Å². The van der Waals surface area contributed by atoms with Gasteiger partial charge in [-0.15, -0.1) is 0 Å². The van der Waals surface area contributed by atoms with E-state index in [9.17, 15) is 0 Å². The van der Waals surface area contributed by atoms with Gasteiger partial charge in [0.15, 0.2) is 0 Å². The van der Waals surface area contributed by atoms with Crippen molar-refractivity contribution < 1.29 is 4.74 Å². The van der Waals surface area contributed by atoms with Gasteiger partial charge < -0.3 is 15.0 Å². The number of anilines is 1. The van der Waals surface area contributed by atoms with Gasteiger partial charge in [0.25, 0.3) is 0 Å². The van der Waals surface area contributed by atoms with E-state index in [0.717, 1.165) is 25.6 Å². The van der Waals surface area contributed by atoms with Gasteiger partial charge in [-0.1, -0.05) is 0 Å². The molecule has 1 saturated heterocycles. The summed E-state index contributed by atoms with van der Waals surface area (Å²) in [7, 11) is 0. The molecule has 0 radical (unpaired) electrons. The van der Waals surface area contributed by atoms with Gasteiger partial charge in [0.2, 0.25) is 11.8 Å². The van der Waals surface area contributed by atoms with Gasteiger partial charge in [-0.3, -0.25) is 0 Å². The van der Waals surface area contributed by atoms with Crippen molar-refractivity contribution in [1.82, 2.24) is 15.3 Å². The van der Waals surface area contributed by atoms with Crippen LogP contribution in [0.4, 0.5) is 5.95 Å². The van der Waals surface area contributed by atoms with Gasteiger partial charge in [0.05, 0.1) is 6.10 Å². The van der Waals surface area contributed by atoms with Crippen LogP contribution < -0.4 is 15.0 Å². The van der Waals surface area contributed by atoms with E-state index >= 15 is 0 Å². The van der Waals surface area contributed by atoms with E-state index in [1.807, 2.05) is 13.8 Å². The Morgan fingerprint density at radius 3 is 3.06 bits per heavy atom. The van der Waals surface area contributed by atoms with Gasteiger partial charge in [-0.25, -0.2) is 4.98 Å². The second-order valence-electron chi connectivity index (χ2n) is 4.66. The topological polar surface area (TPSA) is 50.3 Å². The summed E-state index contributed by atoms with van der Waals surface area (Å²) in [6, 6.07) is 2.27. The molecule has 0 bridgehead atoms. The third-order valence-electron chi connectivity index (χ3n) is 2.63. The third-order valence-corrected chi connectivity index (χ3v) is 2.63. The number of ether oxygens (including phenoxy) is 1. The lowest BCUT2D eigenvalue weighted by Gasteiger charge is -2.31. The molecule has 17 heavy (non-hydrogen) atoms. The summed E-state index contributed by atoms with van der Waals surface area (Å²) < 4.78 is 5.58. The summed E-state index contributed by atoms with van der Waals surface area (Å²) in [5, 5.41) is 3.40. The molecule has 1 aliphatic rings. The summed E-state index contributed by atoms with van der Waals surface area (Å²) in [5.74, 6) is 1.41. The average Bonchev–Trinajstić information content (AvgIpc) is 2.28. The zero-order valence-corrected chi connectivity index (χ0v) is 10.7. The molecule has 0 saturated carbocycles. The monoisotopic (exact) mass is 236 g/mol. The minimum Gasteiger partial charge on any atom is -0.475 e. The van der Waals surface area contributed by atoms with Crippen molar-refractivity contribution in [3.8, 4) is 5.88 Å². The number of rotatable bonds is 3. The molecule has 1 fully saturated rings. The third kappa shape index (κ3) is 3.30. The highest BCUT2D eigenvalue weighted by molar-refractivity contribution is 5.33. The Kier molecular flexibility index (Phi) is 3.78. The molecule has 5 nitrogen and oxygen atoms in total. The lowest BCUT2D eigenvalue weighted by atomic mass is 10.2. The number of piperazine rings is 1. The quantitative estimate of drug-likeness (QED) is 0.850. The molecule has 1 N–H and O–H groups in total. The number of hydrogen-bond donors (Lipinski definition) is 1. The maximum atomic E-state index is 5.58. The predicted molar refractivity (Wildman–Crippen MR) is 67.5 cm³/mol. The molecule has 94 valence electrons. The molecule has 1 atom stereocenters. The largest absolute Gasteiger partial charge is 0.475 e. The highest BCUT2D eigenvalue weighted by atomic mass is 16.5. The molecule has 1 aromatic rings. The first kappa shape index (κ1) is 12.1. The van der Waals surface area contributed by atoms with Gasteiger partial charge in [-0.05, 0) is 20.8 Å². The van der Waals surface area contributed by atoms with Crippen LogP contribution >= 0.6 is 0 Å². The molecule has 1 aromatic heterocycles. The molecular formula is C12H20N4O. The van der Waals surface area contributed by atoms with E-state index in [1.54, 1.807) is 12.3 Å². The maximum Gasteiger partial charge on any atom is 0.228 e. The summed E-state index contributed by atoms with van der Waals surface area (Å²) >= 11 is 0. The number of hydrogen-bond acceptors (Lipinski definition) is 5. The molecule has 2 rings (SSSR count). The molecule has 5 heteroatoms. The van der Waals surface area contributed by atoms with Crippen LogP contribution in [0.2, 0.25) is 0 Å². The van der Waals surface area contributed by atoms with Crippen LogP contribution in [0.5, 0.6) is 5.88 Å².